The van der Waals surface area contributed by atoms with Crippen LogP contribution in [-0.2, 0) is 11.3 Å². The van der Waals surface area contributed by atoms with E-state index in [4.69, 9.17) is 16.3 Å². The Hall–Kier alpha value is -4.23. The van der Waals surface area contributed by atoms with Crippen LogP contribution in [0.25, 0.3) is 10.8 Å². The summed E-state index contributed by atoms with van der Waals surface area (Å²) in [4.78, 5) is 45.3. The lowest BCUT2D eigenvalue weighted by molar-refractivity contribution is 0.113. The predicted molar refractivity (Wildman–Crippen MR) is 159 cm³/mol. The summed E-state index contributed by atoms with van der Waals surface area (Å²) in [5, 5.41) is 12.5. The molecule has 4 N–H and O–H groups in total. The number of nitrogens with zero attached hydrogens (tertiary/aromatic N) is 3. The van der Waals surface area contributed by atoms with Crippen LogP contribution in [0.2, 0.25) is 5.02 Å². The van der Waals surface area contributed by atoms with Gasteiger partial charge in [0.1, 0.15) is 24.1 Å². The maximum absolute atomic E-state index is 13.8. The summed E-state index contributed by atoms with van der Waals surface area (Å²) in [7, 11) is 1.55. The molecular formula is C29H34ClF2N7O4. The zero-order valence-corrected chi connectivity index (χ0v) is 24.4. The van der Waals surface area contributed by atoms with E-state index in [1.807, 2.05) is 0 Å². The maximum atomic E-state index is 13.8. The Kier molecular flexibility index (Phi) is 11.3. The Bertz CT molecular complexity index is 1440. The van der Waals surface area contributed by atoms with Gasteiger partial charge >= 0.3 is 18.2 Å². The van der Waals surface area contributed by atoms with Crippen LogP contribution < -0.4 is 21.3 Å². The number of halogens is 3. The molecule has 1 saturated heterocycles. The van der Waals surface area contributed by atoms with Gasteiger partial charge in [-0.2, -0.15) is 0 Å². The number of hydrogen-bond acceptors (Lipinski definition) is 6. The Balaban J connectivity index is 1.34. The molecule has 2 aromatic carbocycles. The number of amides is 5. The molecule has 0 unspecified atom stereocenters. The topological polar surface area (TPSA) is 128 Å². The van der Waals surface area contributed by atoms with E-state index < -0.39 is 29.8 Å². The van der Waals surface area contributed by atoms with Crippen molar-refractivity contribution in [3.63, 3.8) is 0 Å². The third-order valence-corrected chi connectivity index (χ3v) is 7.47. The molecule has 43 heavy (non-hydrogen) atoms. The number of pyridine rings is 1. The number of ether oxygens (including phenoxy) is 1. The third-order valence-electron chi connectivity index (χ3n) is 7.04. The summed E-state index contributed by atoms with van der Waals surface area (Å²) in [6.07, 6.45) is 1.59. The van der Waals surface area contributed by atoms with Crippen molar-refractivity contribution < 1.29 is 27.9 Å². The lowest BCUT2D eigenvalue weighted by atomic mass is 10.1. The average Bonchev–Trinajstić information content (AvgIpc) is 3.01. The van der Waals surface area contributed by atoms with Gasteiger partial charge in [0.2, 0.25) is 0 Å². The molecule has 1 atom stereocenters. The summed E-state index contributed by atoms with van der Waals surface area (Å²) in [5.41, 5.74) is 0.411. The number of piperazine rings is 1. The number of hydrogen-bond donors (Lipinski definition) is 4. The van der Waals surface area contributed by atoms with Crippen molar-refractivity contribution in [1.82, 2.24) is 30.7 Å². The van der Waals surface area contributed by atoms with Crippen molar-refractivity contribution in [2.45, 2.75) is 25.4 Å². The summed E-state index contributed by atoms with van der Waals surface area (Å²) >= 11 is 6.01. The van der Waals surface area contributed by atoms with E-state index >= 15 is 0 Å². The van der Waals surface area contributed by atoms with E-state index in [-0.39, 0.29) is 30.0 Å². The van der Waals surface area contributed by atoms with Crippen molar-refractivity contribution in [1.29, 1.82) is 0 Å². The van der Waals surface area contributed by atoms with Crippen LogP contribution in [0.3, 0.4) is 0 Å². The molecule has 11 nitrogen and oxygen atoms in total. The molecule has 1 aliphatic heterocycles. The lowest BCUT2D eigenvalue weighted by Gasteiger charge is -2.29. The number of likely N-dealkylation sites (N-methyl/N-ethyl adjacent to an activating group) is 1. The summed E-state index contributed by atoms with van der Waals surface area (Å²) in [6, 6.07) is 8.87. The molecule has 1 aliphatic rings. The third kappa shape index (κ3) is 9.13. The average molecular weight is 618 g/mol. The number of carbonyl (C=O) groups is 3. The predicted octanol–water partition coefficient (Wildman–Crippen LogP) is 4.32. The van der Waals surface area contributed by atoms with Crippen LogP contribution in [0.1, 0.15) is 18.4 Å². The van der Waals surface area contributed by atoms with E-state index in [9.17, 15) is 23.2 Å². The molecular weight excluding hydrogens is 584 g/mol. The molecule has 0 radical (unpaired) electrons. The zero-order chi connectivity index (χ0) is 30.8. The molecule has 230 valence electrons. The van der Waals surface area contributed by atoms with Crippen LogP contribution in [-0.4, -0.2) is 85.4 Å². The number of carbonyl (C=O) groups excluding carboxylic acids is 3. The monoisotopic (exact) mass is 617 g/mol. The van der Waals surface area contributed by atoms with E-state index in [0.29, 0.717) is 48.8 Å². The first-order valence-electron chi connectivity index (χ1n) is 13.9. The van der Waals surface area contributed by atoms with Gasteiger partial charge in [0.15, 0.2) is 0 Å². The van der Waals surface area contributed by atoms with E-state index in [0.717, 1.165) is 13.1 Å². The second kappa shape index (κ2) is 15.3. The van der Waals surface area contributed by atoms with Gasteiger partial charge in [-0.3, -0.25) is 5.32 Å². The number of nitrogens with one attached hydrogen (secondary N) is 4. The fourth-order valence-electron chi connectivity index (χ4n) is 4.54. The highest BCUT2D eigenvalue weighted by Crippen LogP contribution is 2.20. The molecule has 0 saturated carbocycles. The quantitative estimate of drug-likeness (QED) is 0.251. The van der Waals surface area contributed by atoms with Crippen LogP contribution >= 0.6 is 11.6 Å². The van der Waals surface area contributed by atoms with Gasteiger partial charge < -0.3 is 30.5 Å². The lowest BCUT2D eigenvalue weighted by Crippen LogP contribution is -2.50. The van der Waals surface area contributed by atoms with Crippen molar-refractivity contribution in [3.8, 4) is 0 Å². The smallest absolute Gasteiger partial charge is 0.412 e. The number of fused-ring (bicyclic) bond motifs is 1. The Morgan fingerprint density at radius 2 is 1.91 bits per heavy atom. The van der Waals surface area contributed by atoms with Crippen LogP contribution in [0.15, 0.2) is 48.7 Å². The van der Waals surface area contributed by atoms with Crippen LogP contribution in [0, 0.1) is 11.6 Å². The second-order valence-corrected chi connectivity index (χ2v) is 10.4. The molecule has 2 heterocycles. The molecule has 5 amide bonds. The number of urea groups is 2. The van der Waals surface area contributed by atoms with E-state index in [1.54, 1.807) is 24.1 Å². The van der Waals surface area contributed by atoms with Crippen molar-refractivity contribution >= 4 is 46.3 Å². The minimum Gasteiger partial charge on any atom is -0.447 e. The zero-order valence-electron chi connectivity index (χ0n) is 23.7. The van der Waals surface area contributed by atoms with Crippen LogP contribution in [0.5, 0.6) is 0 Å². The molecule has 14 heteroatoms. The minimum atomic E-state index is -0.805. The molecule has 3 aromatic rings. The van der Waals surface area contributed by atoms with Gasteiger partial charge in [-0.05, 0) is 54.1 Å². The first kappa shape index (κ1) is 31.7. The van der Waals surface area contributed by atoms with Gasteiger partial charge in [0, 0.05) is 57.9 Å². The van der Waals surface area contributed by atoms with Gasteiger partial charge in [-0.25, -0.2) is 28.1 Å². The van der Waals surface area contributed by atoms with Gasteiger partial charge in [0.05, 0.1) is 11.1 Å². The van der Waals surface area contributed by atoms with Crippen molar-refractivity contribution in [2.75, 3.05) is 51.7 Å². The van der Waals surface area contributed by atoms with Gasteiger partial charge in [0.25, 0.3) is 0 Å². The maximum Gasteiger partial charge on any atom is 0.412 e. The van der Waals surface area contributed by atoms with Gasteiger partial charge in [-0.15, -0.1) is 0 Å². The SMILES string of the molecule is CN(C(=O)NCc1cccc(F)c1Cl)[C@@H](CCCNC(=O)N1CCNCC1)COC(=O)Nc1cc2cc(F)ccc2cn1. The fraction of sp³-hybridized carbons (Fsp3) is 0.379. The largest absolute Gasteiger partial charge is 0.447 e. The molecule has 0 aliphatic carbocycles. The Morgan fingerprint density at radius 3 is 2.70 bits per heavy atom. The highest BCUT2D eigenvalue weighted by Gasteiger charge is 2.23. The second-order valence-electron chi connectivity index (χ2n) is 10.0. The number of rotatable bonds is 10. The summed E-state index contributed by atoms with van der Waals surface area (Å²) < 4.78 is 32.8. The molecule has 0 bridgehead atoms. The summed E-state index contributed by atoms with van der Waals surface area (Å²) in [6.45, 7) is 2.90. The number of benzene rings is 2. The van der Waals surface area contributed by atoms with Gasteiger partial charge in [-0.1, -0.05) is 23.7 Å². The minimum absolute atomic E-state index is 0.0111. The summed E-state index contributed by atoms with van der Waals surface area (Å²) in [5.74, 6) is -0.832. The molecule has 4 rings (SSSR count). The van der Waals surface area contributed by atoms with Crippen LogP contribution in [0.4, 0.5) is 29.0 Å². The molecule has 0 spiro atoms. The fourth-order valence-corrected chi connectivity index (χ4v) is 4.73. The Morgan fingerprint density at radius 1 is 1.12 bits per heavy atom. The number of anilines is 1. The van der Waals surface area contributed by atoms with E-state index in [1.165, 1.54) is 41.4 Å². The highest BCUT2D eigenvalue weighted by molar-refractivity contribution is 6.31. The standard InChI is InChI=1S/C29H34ClF2N7O4/c1-38(27(40)36-17-20-4-2-6-24(32)26(20)30)23(5-3-9-34-28(41)39-12-10-33-11-13-39)18-43-29(42)37-25-15-21-14-22(31)8-7-19(21)16-35-25/h2,4,6-8,14-16,23,33H,3,5,9-13,17-18H2,1H3,(H,34,41)(H,36,40)(H,35,37,42)/t23-/m0/s1. The Labute approximate surface area is 252 Å². The van der Waals surface area contributed by atoms with E-state index in [2.05, 4.69) is 26.3 Å². The van der Waals surface area contributed by atoms with Crippen molar-refractivity contribution in [3.05, 3.63) is 70.9 Å². The highest BCUT2D eigenvalue weighted by atomic mass is 35.5. The first-order valence-corrected chi connectivity index (χ1v) is 14.2. The number of aromatic nitrogens is 1. The first-order chi connectivity index (χ1) is 20.7. The molecule has 1 aromatic heterocycles. The van der Waals surface area contributed by atoms with Crippen molar-refractivity contribution in [2.24, 2.45) is 0 Å². The normalized spacial score (nSPS) is 13.7. The molecule has 1 fully saturated rings.